The van der Waals surface area contributed by atoms with Crippen molar-refractivity contribution in [1.82, 2.24) is 4.90 Å². The van der Waals surface area contributed by atoms with E-state index < -0.39 is 0 Å². The first-order chi connectivity index (χ1) is 6.40. The van der Waals surface area contributed by atoms with Gasteiger partial charge in [0.25, 0.3) is 0 Å². The van der Waals surface area contributed by atoms with E-state index in [4.69, 9.17) is 9.47 Å². The summed E-state index contributed by atoms with van der Waals surface area (Å²) >= 11 is 0. The number of methoxy groups -OCH3 is 1. The topological polar surface area (TPSA) is 21.7 Å². The molecule has 0 aromatic carbocycles. The molecule has 0 saturated carbocycles. The van der Waals surface area contributed by atoms with Crippen molar-refractivity contribution in [1.29, 1.82) is 0 Å². The van der Waals surface area contributed by atoms with E-state index in [0.29, 0.717) is 6.04 Å². The van der Waals surface area contributed by atoms with Crippen LogP contribution in [-0.2, 0) is 9.47 Å². The molecule has 0 aromatic heterocycles. The summed E-state index contributed by atoms with van der Waals surface area (Å²) in [7, 11) is 5.96. The molecule has 1 saturated heterocycles. The first-order valence-electron chi connectivity index (χ1n) is 5.27. The fourth-order valence-corrected chi connectivity index (χ4v) is 2.85. The minimum absolute atomic E-state index is 0. The molecule has 0 radical (unpaired) electrons. The third-order valence-corrected chi connectivity index (χ3v) is 3.23. The van der Waals surface area contributed by atoms with Gasteiger partial charge in [0.2, 0.25) is 0 Å². The van der Waals surface area contributed by atoms with Crippen molar-refractivity contribution in [3.8, 4) is 0 Å². The predicted molar refractivity (Wildman–Crippen MR) is 64.2 cm³/mol. The predicted octanol–water partition coefficient (Wildman–Crippen LogP) is 2.16. The molecule has 3 heteroatoms. The highest BCUT2D eigenvalue weighted by Gasteiger charge is 2.45. The molecule has 0 N–H and O–H groups in total. The van der Waals surface area contributed by atoms with Crippen LogP contribution in [0.5, 0.6) is 0 Å². The molecule has 1 fully saturated rings. The normalized spacial score (nSPS) is 41.4. The molecule has 15 heavy (non-hydrogen) atoms. The van der Waals surface area contributed by atoms with Crippen molar-refractivity contribution < 1.29 is 9.47 Å². The number of likely N-dealkylation sites (N-methyl/N-ethyl adjacent to an activating group) is 1. The van der Waals surface area contributed by atoms with E-state index in [2.05, 4.69) is 39.8 Å². The van der Waals surface area contributed by atoms with Gasteiger partial charge in [-0.2, -0.15) is 0 Å². The summed E-state index contributed by atoms with van der Waals surface area (Å²) in [5.74, 6) is 0. The maximum absolute atomic E-state index is 5.84. The lowest BCUT2D eigenvalue weighted by Gasteiger charge is -2.49. The maximum atomic E-state index is 5.84. The first-order valence-corrected chi connectivity index (χ1v) is 5.27. The Labute approximate surface area is 94.7 Å². The third-order valence-electron chi connectivity index (χ3n) is 3.23. The van der Waals surface area contributed by atoms with E-state index >= 15 is 0 Å². The molecule has 0 aliphatic carbocycles. The van der Waals surface area contributed by atoms with Crippen LogP contribution in [0.25, 0.3) is 0 Å². The molecule has 1 rings (SSSR count). The smallest absolute Gasteiger partial charge is 0.0854 e. The summed E-state index contributed by atoms with van der Waals surface area (Å²) in [6.07, 6.45) is 1.46. The van der Waals surface area contributed by atoms with Crippen molar-refractivity contribution in [2.75, 3.05) is 21.2 Å². The van der Waals surface area contributed by atoms with E-state index in [9.17, 15) is 0 Å². The molecule has 1 aliphatic rings. The van der Waals surface area contributed by atoms with Gasteiger partial charge in [-0.3, -0.25) is 0 Å². The molecular formula is C12H27NO2. The van der Waals surface area contributed by atoms with Crippen LogP contribution in [-0.4, -0.2) is 50.0 Å². The second-order valence-electron chi connectivity index (χ2n) is 4.78. The highest BCUT2D eigenvalue weighted by molar-refractivity contribution is 4.98. The van der Waals surface area contributed by atoms with Gasteiger partial charge in [-0.25, -0.2) is 0 Å². The van der Waals surface area contributed by atoms with Crippen molar-refractivity contribution in [3.05, 3.63) is 0 Å². The summed E-state index contributed by atoms with van der Waals surface area (Å²) in [6, 6.07) is 0.323. The lowest BCUT2D eigenvalue weighted by molar-refractivity contribution is -0.183. The van der Waals surface area contributed by atoms with E-state index in [0.717, 1.165) is 6.42 Å². The fraction of sp³-hybridized carbons (Fsp3) is 1.00. The zero-order chi connectivity index (χ0) is 10.9. The number of nitrogens with zero attached hydrogens (tertiary/aromatic N) is 1. The Morgan fingerprint density at radius 2 is 1.87 bits per heavy atom. The molecule has 3 nitrogen and oxygen atoms in total. The quantitative estimate of drug-likeness (QED) is 0.707. The summed E-state index contributed by atoms with van der Waals surface area (Å²) in [5.41, 5.74) is -0.0966. The zero-order valence-electron chi connectivity index (χ0n) is 10.2. The summed E-state index contributed by atoms with van der Waals surface area (Å²) in [4.78, 5) is 2.19. The molecule has 0 bridgehead atoms. The van der Waals surface area contributed by atoms with Crippen molar-refractivity contribution >= 4 is 0 Å². The van der Waals surface area contributed by atoms with Gasteiger partial charge in [0, 0.05) is 13.5 Å². The van der Waals surface area contributed by atoms with Crippen molar-refractivity contribution in [3.63, 3.8) is 0 Å². The van der Waals surface area contributed by atoms with Crippen LogP contribution >= 0.6 is 0 Å². The van der Waals surface area contributed by atoms with Crippen LogP contribution in [0.3, 0.4) is 0 Å². The minimum atomic E-state index is -0.0966. The van der Waals surface area contributed by atoms with E-state index in [-0.39, 0.29) is 25.2 Å². The van der Waals surface area contributed by atoms with Gasteiger partial charge in [0.05, 0.1) is 23.9 Å². The second kappa shape index (κ2) is 5.28. The highest BCUT2D eigenvalue weighted by Crippen LogP contribution is 2.33. The van der Waals surface area contributed by atoms with Crippen LogP contribution < -0.4 is 0 Å². The monoisotopic (exact) mass is 217 g/mol. The molecule has 1 aliphatic heterocycles. The molecular weight excluding hydrogens is 190 g/mol. The molecule has 4 atom stereocenters. The highest BCUT2D eigenvalue weighted by atomic mass is 16.5. The largest absolute Gasteiger partial charge is 0.377 e. The average Bonchev–Trinajstić information content (AvgIpc) is 2.01. The van der Waals surface area contributed by atoms with Crippen molar-refractivity contribution in [2.45, 2.75) is 58.5 Å². The van der Waals surface area contributed by atoms with Gasteiger partial charge in [-0.05, 0) is 34.9 Å². The SMILES string of the molecule is C.CO[C@]1(C)C[C@H](C)O[C@@H](C)[C@H]1N(C)C. The van der Waals surface area contributed by atoms with E-state index in [1.807, 2.05) is 0 Å². The Bertz CT molecular complexity index is 196. The molecule has 0 unspecified atom stereocenters. The maximum Gasteiger partial charge on any atom is 0.0854 e. The van der Waals surface area contributed by atoms with Crippen LogP contribution in [0, 0.1) is 0 Å². The average molecular weight is 217 g/mol. The van der Waals surface area contributed by atoms with Gasteiger partial charge in [-0.1, -0.05) is 7.43 Å². The standard InChI is InChI=1S/C11H23NO2.CH4/c1-8-7-11(3,13-6)10(12(4)5)9(2)14-8;/h8-10H,7H2,1-6H3;1H4/t8-,9-,10+,11+;/m0./s1. The van der Waals surface area contributed by atoms with E-state index in [1.54, 1.807) is 7.11 Å². The van der Waals surface area contributed by atoms with Gasteiger partial charge < -0.3 is 14.4 Å². The van der Waals surface area contributed by atoms with Crippen LogP contribution in [0.2, 0.25) is 0 Å². The van der Waals surface area contributed by atoms with Gasteiger partial charge in [0.1, 0.15) is 0 Å². The summed E-state index contributed by atoms with van der Waals surface area (Å²) in [5, 5.41) is 0. The fourth-order valence-electron chi connectivity index (χ4n) is 2.85. The Hall–Kier alpha value is -0.120. The van der Waals surface area contributed by atoms with Crippen LogP contribution in [0.4, 0.5) is 0 Å². The van der Waals surface area contributed by atoms with Gasteiger partial charge in [-0.15, -0.1) is 0 Å². The molecule has 0 aromatic rings. The first kappa shape index (κ1) is 14.9. The van der Waals surface area contributed by atoms with Crippen molar-refractivity contribution in [2.24, 2.45) is 0 Å². The van der Waals surface area contributed by atoms with E-state index in [1.165, 1.54) is 0 Å². The Morgan fingerprint density at radius 3 is 2.27 bits per heavy atom. The van der Waals surface area contributed by atoms with Crippen LogP contribution in [0.15, 0.2) is 0 Å². The van der Waals surface area contributed by atoms with Gasteiger partial charge >= 0.3 is 0 Å². The Morgan fingerprint density at radius 1 is 1.33 bits per heavy atom. The van der Waals surface area contributed by atoms with Gasteiger partial charge in [0.15, 0.2) is 0 Å². The lowest BCUT2D eigenvalue weighted by atomic mass is 9.83. The molecule has 92 valence electrons. The molecule has 1 heterocycles. The lowest BCUT2D eigenvalue weighted by Crippen LogP contribution is -2.60. The third kappa shape index (κ3) is 2.92. The zero-order valence-corrected chi connectivity index (χ0v) is 10.2. The summed E-state index contributed by atoms with van der Waals surface area (Å²) < 4.78 is 11.5. The number of ether oxygens (including phenoxy) is 2. The minimum Gasteiger partial charge on any atom is -0.377 e. The summed E-state index contributed by atoms with van der Waals surface area (Å²) in [6.45, 7) is 6.41. The van der Waals surface area contributed by atoms with Crippen LogP contribution in [0.1, 0.15) is 34.6 Å². The number of rotatable bonds is 2. The molecule has 0 spiro atoms. The Balaban J connectivity index is 0.00000196. The number of hydrogen-bond acceptors (Lipinski definition) is 3. The molecule has 0 amide bonds. The number of hydrogen-bond donors (Lipinski definition) is 0. The Kier molecular flexibility index (Phi) is 5.24. The second-order valence-corrected chi connectivity index (χ2v) is 4.78.